The van der Waals surface area contributed by atoms with Crippen LogP contribution in [0.25, 0.3) is 0 Å². The first kappa shape index (κ1) is 29.8. The van der Waals surface area contributed by atoms with Gasteiger partial charge < -0.3 is 14.8 Å². The van der Waals surface area contributed by atoms with Crippen molar-refractivity contribution in [3.8, 4) is 0 Å². The van der Waals surface area contributed by atoms with Crippen molar-refractivity contribution >= 4 is 40.7 Å². The molecule has 9 nitrogen and oxygen atoms in total. The maximum Gasteiger partial charge on any atom is 0.338 e. The number of benzene rings is 1. The summed E-state index contributed by atoms with van der Waals surface area (Å²) in [6.07, 6.45) is 8.82. The molecule has 1 unspecified atom stereocenters. The lowest BCUT2D eigenvalue weighted by Crippen LogP contribution is -2.38. The first-order chi connectivity index (χ1) is 20.3. The smallest absolute Gasteiger partial charge is 0.338 e. The van der Waals surface area contributed by atoms with Gasteiger partial charge in [0, 0.05) is 29.0 Å². The van der Waals surface area contributed by atoms with E-state index in [0.29, 0.717) is 23.1 Å². The molecule has 1 aromatic carbocycles. The number of nitrogens with zero attached hydrogens (tertiary/aromatic N) is 4. The van der Waals surface area contributed by atoms with Crippen LogP contribution in [0.1, 0.15) is 67.1 Å². The molecular weight excluding hydrogens is 588 g/mol. The Hall–Kier alpha value is -3.64. The van der Waals surface area contributed by atoms with Crippen LogP contribution in [0, 0.1) is 17.6 Å². The summed E-state index contributed by atoms with van der Waals surface area (Å²) in [7, 11) is 1.36. The Morgan fingerprint density at radius 3 is 2.64 bits per heavy atom. The van der Waals surface area contributed by atoms with Crippen molar-refractivity contribution in [2.75, 3.05) is 13.7 Å². The van der Waals surface area contributed by atoms with Gasteiger partial charge in [-0.15, -0.1) is 11.3 Å². The first-order valence-electron chi connectivity index (χ1n) is 13.7. The molecule has 1 fully saturated rings. The van der Waals surface area contributed by atoms with Gasteiger partial charge in [0.25, 0.3) is 0 Å². The van der Waals surface area contributed by atoms with Crippen LogP contribution in [0.5, 0.6) is 0 Å². The molecule has 3 heterocycles. The minimum absolute atomic E-state index is 0.0629. The maximum atomic E-state index is 14.6. The molecular formula is C29H30ClF2N5O4S. The Morgan fingerprint density at radius 2 is 1.95 bits per heavy atom. The van der Waals surface area contributed by atoms with Crippen molar-refractivity contribution in [3.63, 3.8) is 0 Å². The first-order valence-corrected chi connectivity index (χ1v) is 14.9. The van der Waals surface area contributed by atoms with Crippen LogP contribution in [0.3, 0.4) is 0 Å². The second-order valence-corrected chi connectivity index (χ2v) is 11.3. The number of thiazole rings is 1. The number of carbonyl (C=O) groups is 2. The molecule has 1 N–H and O–H groups in total. The summed E-state index contributed by atoms with van der Waals surface area (Å²) in [6.45, 7) is 2.27. The van der Waals surface area contributed by atoms with Crippen LogP contribution < -0.4 is 5.32 Å². The number of aliphatic imine (C=N–C) groups is 1. The lowest BCUT2D eigenvalue weighted by atomic mass is 9.76. The molecule has 2 aromatic heterocycles. The van der Waals surface area contributed by atoms with E-state index < -0.39 is 28.7 Å². The zero-order valence-corrected chi connectivity index (χ0v) is 24.7. The number of allylic oxidation sites excluding steroid dienone is 1. The fraction of sp³-hybridized carbons (Fsp3) is 0.414. The summed E-state index contributed by atoms with van der Waals surface area (Å²) in [5.74, 6) is -2.55. The lowest BCUT2D eigenvalue weighted by Gasteiger charge is -2.35. The molecule has 2 aliphatic rings. The van der Waals surface area contributed by atoms with E-state index >= 15 is 0 Å². The van der Waals surface area contributed by atoms with Crippen molar-refractivity contribution in [2.24, 2.45) is 10.9 Å². The number of ether oxygens (including phenoxy) is 2. The third kappa shape index (κ3) is 6.24. The largest absolute Gasteiger partial charge is 0.469 e. The number of halogens is 3. The molecule has 1 aliphatic heterocycles. The van der Waals surface area contributed by atoms with Crippen LogP contribution in [0.15, 0.2) is 52.4 Å². The lowest BCUT2D eigenvalue weighted by molar-refractivity contribution is -0.141. The van der Waals surface area contributed by atoms with Gasteiger partial charge in [-0.3, -0.25) is 14.5 Å². The SMILES string of the molecule is CCOC(=O)C1=C(C2CCC(c3cnn(CCC(=O)OC)c3)CC2)NC(c2nccs2)=NC1c1ccc(F)c(F)c1Cl. The minimum atomic E-state index is -1.20. The Labute approximate surface area is 250 Å². The second-order valence-electron chi connectivity index (χ2n) is 10.1. The number of esters is 2. The van der Waals surface area contributed by atoms with Gasteiger partial charge in [-0.25, -0.2) is 18.6 Å². The Kier molecular flexibility index (Phi) is 9.32. The van der Waals surface area contributed by atoms with Crippen molar-refractivity contribution in [2.45, 2.75) is 57.5 Å². The number of amidine groups is 1. The van der Waals surface area contributed by atoms with E-state index in [-0.39, 0.29) is 42.0 Å². The third-order valence-electron chi connectivity index (χ3n) is 7.60. The Bertz CT molecular complexity index is 1520. The van der Waals surface area contributed by atoms with Crippen molar-refractivity contribution in [1.29, 1.82) is 0 Å². The molecule has 1 atom stereocenters. The van der Waals surface area contributed by atoms with E-state index in [1.807, 2.05) is 12.4 Å². The fourth-order valence-corrected chi connectivity index (χ4v) is 6.33. The highest BCUT2D eigenvalue weighted by Crippen LogP contribution is 2.44. The van der Waals surface area contributed by atoms with Gasteiger partial charge >= 0.3 is 11.9 Å². The highest BCUT2D eigenvalue weighted by atomic mass is 35.5. The standard InChI is InChI=1S/C29H30ClF2N5O4S/c1-3-41-29(39)22-25(17-6-4-16(5-7-17)18-14-34-37(15-18)12-10-21(38)40-2)35-27(28-33-11-13-42-28)36-26(22)19-8-9-20(31)24(32)23(19)30/h8-9,11,13-17,26H,3-7,10,12H2,1-2H3,(H,35,36). The van der Waals surface area contributed by atoms with Gasteiger partial charge in [-0.1, -0.05) is 17.7 Å². The molecule has 0 amide bonds. The maximum absolute atomic E-state index is 14.6. The zero-order valence-electron chi connectivity index (χ0n) is 23.1. The quantitative estimate of drug-likeness (QED) is 0.242. The molecule has 1 saturated carbocycles. The Balaban J connectivity index is 1.46. The van der Waals surface area contributed by atoms with E-state index in [2.05, 4.69) is 15.4 Å². The summed E-state index contributed by atoms with van der Waals surface area (Å²) in [4.78, 5) is 34.1. The topological polar surface area (TPSA) is 108 Å². The molecule has 0 spiro atoms. The molecule has 0 radical (unpaired) electrons. The van der Waals surface area contributed by atoms with E-state index in [1.165, 1.54) is 24.5 Å². The predicted molar refractivity (Wildman–Crippen MR) is 153 cm³/mol. The van der Waals surface area contributed by atoms with Gasteiger partial charge in [-0.05, 0) is 56.1 Å². The summed E-state index contributed by atoms with van der Waals surface area (Å²) < 4.78 is 40.5. The van der Waals surface area contributed by atoms with Crippen LogP contribution in [0.2, 0.25) is 5.02 Å². The fourth-order valence-electron chi connectivity index (χ4n) is 5.48. The number of methoxy groups -OCH3 is 1. The number of carbonyl (C=O) groups excluding carboxylic acids is 2. The van der Waals surface area contributed by atoms with Gasteiger partial charge in [0.2, 0.25) is 0 Å². The molecule has 42 heavy (non-hydrogen) atoms. The van der Waals surface area contributed by atoms with Gasteiger partial charge in [0.05, 0.1) is 43.5 Å². The monoisotopic (exact) mass is 617 g/mol. The number of rotatable bonds is 9. The average Bonchev–Trinajstić information content (AvgIpc) is 3.72. The second kappa shape index (κ2) is 13.1. The minimum Gasteiger partial charge on any atom is -0.469 e. The van der Waals surface area contributed by atoms with Crippen molar-refractivity contribution in [3.05, 3.63) is 80.2 Å². The van der Waals surface area contributed by atoms with E-state index in [0.717, 1.165) is 37.3 Å². The van der Waals surface area contributed by atoms with Crippen LogP contribution in [-0.2, 0) is 25.6 Å². The zero-order chi connectivity index (χ0) is 29.8. The predicted octanol–water partition coefficient (Wildman–Crippen LogP) is 5.72. The Morgan fingerprint density at radius 1 is 1.19 bits per heavy atom. The molecule has 5 rings (SSSR count). The summed E-state index contributed by atoms with van der Waals surface area (Å²) in [5.41, 5.74) is 2.11. The normalized spacial score (nSPS) is 20.6. The van der Waals surface area contributed by atoms with Gasteiger partial charge in [-0.2, -0.15) is 5.10 Å². The molecule has 13 heteroatoms. The summed E-state index contributed by atoms with van der Waals surface area (Å²) >= 11 is 7.66. The van der Waals surface area contributed by atoms with Gasteiger partial charge in [0.1, 0.15) is 6.04 Å². The average molecular weight is 618 g/mol. The number of hydrogen-bond donors (Lipinski definition) is 1. The third-order valence-corrected chi connectivity index (χ3v) is 8.76. The van der Waals surface area contributed by atoms with Crippen LogP contribution >= 0.6 is 22.9 Å². The molecule has 0 bridgehead atoms. The van der Waals surface area contributed by atoms with Crippen molar-refractivity contribution < 1.29 is 27.8 Å². The number of aryl methyl sites for hydroxylation is 1. The molecule has 3 aromatic rings. The summed E-state index contributed by atoms with van der Waals surface area (Å²) in [6, 6.07) is 1.31. The molecule has 222 valence electrons. The highest BCUT2D eigenvalue weighted by molar-refractivity contribution is 7.11. The number of nitrogens with one attached hydrogen (secondary N) is 1. The summed E-state index contributed by atoms with van der Waals surface area (Å²) in [5, 5.41) is 9.72. The molecule has 1 aliphatic carbocycles. The number of aromatic nitrogens is 3. The van der Waals surface area contributed by atoms with E-state index in [9.17, 15) is 18.4 Å². The van der Waals surface area contributed by atoms with E-state index in [4.69, 9.17) is 26.1 Å². The van der Waals surface area contributed by atoms with E-state index in [1.54, 1.807) is 23.2 Å². The van der Waals surface area contributed by atoms with Crippen molar-refractivity contribution in [1.82, 2.24) is 20.1 Å². The van der Waals surface area contributed by atoms with Crippen LogP contribution in [0.4, 0.5) is 8.78 Å². The molecule has 0 saturated heterocycles. The van der Waals surface area contributed by atoms with Gasteiger partial charge in [0.15, 0.2) is 22.5 Å². The highest BCUT2D eigenvalue weighted by Gasteiger charge is 2.38. The van der Waals surface area contributed by atoms with Crippen LogP contribution in [-0.4, -0.2) is 46.3 Å². The number of hydrogen-bond acceptors (Lipinski definition) is 9.